The summed E-state index contributed by atoms with van der Waals surface area (Å²) in [6, 6.07) is 5.28. The van der Waals surface area contributed by atoms with Crippen molar-refractivity contribution < 1.29 is 9.53 Å². The van der Waals surface area contributed by atoms with E-state index in [0.717, 1.165) is 32.4 Å². The molecule has 0 spiro atoms. The Morgan fingerprint density at radius 2 is 2.19 bits per heavy atom. The molecule has 1 aromatic carbocycles. The van der Waals surface area contributed by atoms with Gasteiger partial charge >= 0.3 is 0 Å². The van der Waals surface area contributed by atoms with Crippen molar-refractivity contribution >= 4 is 23.2 Å². The highest BCUT2D eigenvalue weighted by Gasteiger charge is 2.15. The van der Waals surface area contributed by atoms with Gasteiger partial charge in [-0.3, -0.25) is 4.79 Å². The van der Waals surface area contributed by atoms with E-state index >= 15 is 0 Å². The number of hydrogen-bond donors (Lipinski definition) is 2. The van der Waals surface area contributed by atoms with E-state index in [1.807, 2.05) is 6.92 Å². The summed E-state index contributed by atoms with van der Waals surface area (Å²) in [5, 5.41) is 6.84. The highest BCUT2D eigenvalue weighted by Crippen LogP contribution is 2.28. The summed E-state index contributed by atoms with van der Waals surface area (Å²) < 4.78 is 5.51. The number of halogens is 1. The molecule has 1 aliphatic rings. The fraction of sp³-hybridized carbons (Fsp3) is 0.562. The highest BCUT2D eigenvalue weighted by molar-refractivity contribution is 6.31. The molecule has 0 saturated carbocycles. The van der Waals surface area contributed by atoms with E-state index in [-0.39, 0.29) is 5.91 Å². The van der Waals surface area contributed by atoms with Gasteiger partial charge in [-0.2, -0.15) is 0 Å². The molecule has 2 N–H and O–H groups in total. The average Bonchev–Trinajstić information content (AvgIpc) is 2.49. The Hall–Kier alpha value is -1.26. The molecule has 0 radical (unpaired) electrons. The summed E-state index contributed by atoms with van der Waals surface area (Å²) in [6.07, 6.45) is 3.81. The van der Waals surface area contributed by atoms with Crippen molar-refractivity contribution in [2.75, 3.05) is 25.0 Å². The van der Waals surface area contributed by atoms with Crippen LogP contribution < -0.4 is 15.4 Å². The van der Waals surface area contributed by atoms with Crippen molar-refractivity contribution in [3.05, 3.63) is 23.2 Å². The quantitative estimate of drug-likeness (QED) is 0.846. The first-order chi connectivity index (χ1) is 10.2. The summed E-state index contributed by atoms with van der Waals surface area (Å²) in [5.74, 6) is 1.34. The van der Waals surface area contributed by atoms with E-state index in [9.17, 15) is 4.79 Å². The van der Waals surface area contributed by atoms with Gasteiger partial charge in [0.15, 0.2) is 0 Å². The molecule has 1 saturated heterocycles. The Morgan fingerprint density at radius 1 is 1.43 bits per heavy atom. The van der Waals surface area contributed by atoms with Crippen molar-refractivity contribution in [2.24, 2.45) is 5.92 Å². The molecule has 5 heteroatoms. The van der Waals surface area contributed by atoms with E-state index in [4.69, 9.17) is 16.3 Å². The number of piperidine rings is 1. The smallest absolute Gasteiger partial charge is 0.224 e. The molecular weight excluding hydrogens is 288 g/mol. The summed E-state index contributed by atoms with van der Waals surface area (Å²) >= 11 is 5.99. The summed E-state index contributed by atoms with van der Waals surface area (Å²) in [7, 11) is 0. The van der Waals surface area contributed by atoms with Gasteiger partial charge in [-0.1, -0.05) is 11.6 Å². The number of amides is 1. The van der Waals surface area contributed by atoms with Crippen LogP contribution in [0.5, 0.6) is 5.75 Å². The molecule has 0 bridgehead atoms. The predicted octanol–water partition coefficient (Wildman–Crippen LogP) is 3.46. The van der Waals surface area contributed by atoms with Gasteiger partial charge < -0.3 is 15.4 Å². The second kappa shape index (κ2) is 8.25. The van der Waals surface area contributed by atoms with E-state index in [1.165, 1.54) is 0 Å². The maximum absolute atomic E-state index is 12.1. The molecule has 0 aliphatic carbocycles. The summed E-state index contributed by atoms with van der Waals surface area (Å²) in [5.41, 5.74) is 0.652. The zero-order valence-electron chi connectivity index (χ0n) is 12.5. The van der Waals surface area contributed by atoms with Crippen LogP contribution in [0.1, 0.15) is 32.6 Å². The number of nitrogens with one attached hydrogen (secondary N) is 2. The van der Waals surface area contributed by atoms with Gasteiger partial charge in [0, 0.05) is 11.4 Å². The first-order valence-corrected chi connectivity index (χ1v) is 7.99. The topological polar surface area (TPSA) is 50.4 Å². The molecular formula is C16H23ClN2O2. The minimum Gasteiger partial charge on any atom is -0.492 e. The molecule has 1 aromatic rings. The number of ether oxygens (including phenoxy) is 1. The van der Waals surface area contributed by atoms with Gasteiger partial charge in [-0.15, -0.1) is 0 Å². The number of carbonyl (C=O) groups excluding carboxylic acids is 1. The molecule has 1 amide bonds. The van der Waals surface area contributed by atoms with Crippen LogP contribution in [-0.2, 0) is 4.79 Å². The number of anilines is 1. The predicted molar refractivity (Wildman–Crippen MR) is 86.1 cm³/mol. The van der Waals surface area contributed by atoms with Crippen molar-refractivity contribution in [1.82, 2.24) is 5.32 Å². The zero-order valence-corrected chi connectivity index (χ0v) is 13.2. The van der Waals surface area contributed by atoms with E-state index in [2.05, 4.69) is 10.6 Å². The second-order valence-electron chi connectivity index (χ2n) is 5.35. The van der Waals surface area contributed by atoms with Gasteiger partial charge in [0.05, 0.1) is 12.3 Å². The fourth-order valence-electron chi connectivity index (χ4n) is 2.60. The molecule has 0 unspecified atom stereocenters. The van der Waals surface area contributed by atoms with Crippen LogP contribution in [0, 0.1) is 5.92 Å². The van der Waals surface area contributed by atoms with Crippen molar-refractivity contribution in [3.8, 4) is 5.75 Å². The lowest BCUT2D eigenvalue weighted by Gasteiger charge is -2.22. The van der Waals surface area contributed by atoms with Gasteiger partial charge in [-0.05, 0) is 63.4 Å². The number of carbonyl (C=O) groups is 1. The molecule has 1 heterocycles. The number of benzene rings is 1. The van der Waals surface area contributed by atoms with Crippen LogP contribution in [0.3, 0.4) is 0 Å². The lowest BCUT2D eigenvalue weighted by molar-refractivity contribution is -0.116. The first kappa shape index (κ1) is 16.1. The minimum atomic E-state index is 0.0248. The summed E-state index contributed by atoms with van der Waals surface area (Å²) in [6.45, 7) is 4.60. The monoisotopic (exact) mass is 310 g/mol. The van der Waals surface area contributed by atoms with Crippen LogP contribution in [-0.4, -0.2) is 25.6 Å². The van der Waals surface area contributed by atoms with Crippen LogP contribution in [0.25, 0.3) is 0 Å². The Bertz CT molecular complexity index is 473. The van der Waals surface area contributed by atoms with Crippen LogP contribution in [0.2, 0.25) is 5.02 Å². The van der Waals surface area contributed by atoms with E-state index in [0.29, 0.717) is 35.4 Å². The largest absolute Gasteiger partial charge is 0.492 e. The van der Waals surface area contributed by atoms with Gasteiger partial charge in [0.2, 0.25) is 5.91 Å². The SMILES string of the molecule is CCOc1ccc(Cl)cc1NC(=O)CCC1CCNCC1. The Labute approximate surface area is 131 Å². The van der Waals surface area contributed by atoms with Crippen molar-refractivity contribution in [2.45, 2.75) is 32.6 Å². The maximum Gasteiger partial charge on any atom is 0.224 e. The minimum absolute atomic E-state index is 0.0248. The second-order valence-corrected chi connectivity index (χ2v) is 5.79. The summed E-state index contributed by atoms with van der Waals surface area (Å²) in [4.78, 5) is 12.1. The fourth-order valence-corrected chi connectivity index (χ4v) is 2.77. The van der Waals surface area contributed by atoms with E-state index in [1.54, 1.807) is 18.2 Å². The third-order valence-electron chi connectivity index (χ3n) is 3.75. The van der Waals surface area contributed by atoms with Crippen LogP contribution in [0.4, 0.5) is 5.69 Å². The lowest BCUT2D eigenvalue weighted by Crippen LogP contribution is -2.28. The number of hydrogen-bond acceptors (Lipinski definition) is 3. The standard InChI is InChI=1S/C16H23ClN2O2/c1-2-21-15-5-4-13(17)11-14(15)19-16(20)6-3-12-7-9-18-10-8-12/h4-5,11-12,18H,2-3,6-10H2,1H3,(H,19,20). The van der Waals surface area contributed by atoms with Gasteiger partial charge in [0.1, 0.15) is 5.75 Å². The van der Waals surface area contributed by atoms with Crippen LogP contribution in [0.15, 0.2) is 18.2 Å². The Morgan fingerprint density at radius 3 is 2.90 bits per heavy atom. The first-order valence-electron chi connectivity index (χ1n) is 7.62. The lowest BCUT2D eigenvalue weighted by atomic mass is 9.93. The highest BCUT2D eigenvalue weighted by atomic mass is 35.5. The molecule has 1 aliphatic heterocycles. The van der Waals surface area contributed by atoms with E-state index < -0.39 is 0 Å². The molecule has 116 valence electrons. The van der Waals surface area contributed by atoms with Crippen molar-refractivity contribution in [3.63, 3.8) is 0 Å². The molecule has 0 atom stereocenters. The van der Waals surface area contributed by atoms with Gasteiger partial charge in [0.25, 0.3) is 0 Å². The molecule has 2 rings (SSSR count). The number of rotatable bonds is 6. The normalized spacial score (nSPS) is 15.7. The third kappa shape index (κ3) is 5.21. The third-order valence-corrected chi connectivity index (χ3v) is 3.99. The molecule has 1 fully saturated rings. The van der Waals surface area contributed by atoms with Crippen LogP contribution >= 0.6 is 11.6 Å². The zero-order chi connectivity index (χ0) is 15.1. The average molecular weight is 311 g/mol. The Kier molecular flexibility index (Phi) is 6.33. The van der Waals surface area contributed by atoms with Crippen molar-refractivity contribution in [1.29, 1.82) is 0 Å². The maximum atomic E-state index is 12.1. The molecule has 4 nitrogen and oxygen atoms in total. The van der Waals surface area contributed by atoms with Gasteiger partial charge in [-0.25, -0.2) is 0 Å². The molecule has 21 heavy (non-hydrogen) atoms. The molecule has 0 aromatic heterocycles. The Balaban J connectivity index is 1.87.